The summed E-state index contributed by atoms with van der Waals surface area (Å²) < 4.78 is 13.3. The molecule has 0 saturated heterocycles. The predicted molar refractivity (Wildman–Crippen MR) is 67.3 cm³/mol. The number of carbonyl (C=O) groups excluding carboxylic acids is 1. The van der Waals surface area contributed by atoms with Crippen molar-refractivity contribution in [3.05, 3.63) is 46.1 Å². The van der Waals surface area contributed by atoms with E-state index in [2.05, 4.69) is 9.97 Å². The highest BCUT2D eigenvalue weighted by molar-refractivity contribution is 6.32. The van der Waals surface area contributed by atoms with E-state index in [1.165, 1.54) is 12.1 Å². The first-order valence-electron chi connectivity index (χ1n) is 5.28. The van der Waals surface area contributed by atoms with Crippen molar-refractivity contribution in [2.45, 2.75) is 13.8 Å². The molecule has 0 radical (unpaired) electrons. The fraction of sp³-hybridized carbons (Fsp3) is 0.154. The molecule has 0 aliphatic rings. The molecule has 0 N–H and O–H groups in total. The summed E-state index contributed by atoms with van der Waals surface area (Å²) in [4.78, 5) is 19.2. The zero-order valence-electron chi connectivity index (χ0n) is 9.87. The summed E-state index contributed by atoms with van der Waals surface area (Å²) in [5, 5.41) is 0.0798. The van der Waals surface area contributed by atoms with Crippen molar-refractivity contribution in [2.75, 3.05) is 0 Å². The number of hydrogen-bond acceptors (Lipinski definition) is 3. The molecule has 0 aliphatic heterocycles. The van der Waals surface area contributed by atoms with E-state index in [9.17, 15) is 9.18 Å². The second-order valence-corrected chi connectivity index (χ2v) is 4.26. The molecule has 3 nitrogen and oxygen atoms in total. The number of aldehydes is 1. The molecular formula is C13H10ClFN2O. The van der Waals surface area contributed by atoms with Crippen LogP contribution in [0.4, 0.5) is 4.39 Å². The lowest BCUT2D eigenvalue weighted by Crippen LogP contribution is -2.00. The van der Waals surface area contributed by atoms with E-state index >= 15 is 0 Å². The number of carbonyl (C=O) groups is 1. The molecule has 92 valence electrons. The van der Waals surface area contributed by atoms with E-state index in [4.69, 9.17) is 11.6 Å². The first-order valence-corrected chi connectivity index (χ1v) is 5.66. The van der Waals surface area contributed by atoms with Crippen LogP contribution in [0.3, 0.4) is 0 Å². The molecule has 0 atom stereocenters. The Kier molecular flexibility index (Phi) is 3.39. The second kappa shape index (κ2) is 4.82. The maximum atomic E-state index is 13.3. The van der Waals surface area contributed by atoms with E-state index in [0.717, 1.165) is 5.56 Å². The zero-order chi connectivity index (χ0) is 13.3. The van der Waals surface area contributed by atoms with Gasteiger partial charge >= 0.3 is 0 Å². The van der Waals surface area contributed by atoms with E-state index in [1.54, 1.807) is 13.0 Å². The lowest BCUT2D eigenvalue weighted by atomic mass is 10.0. The quantitative estimate of drug-likeness (QED) is 0.617. The van der Waals surface area contributed by atoms with Crippen molar-refractivity contribution in [1.82, 2.24) is 9.97 Å². The van der Waals surface area contributed by atoms with Crippen LogP contribution in [-0.4, -0.2) is 16.3 Å². The van der Waals surface area contributed by atoms with Crippen molar-refractivity contribution >= 4 is 17.9 Å². The molecular weight excluding hydrogens is 255 g/mol. The van der Waals surface area contributed by atoms with Gasteiger partial charge in [-0.2, -0.15) is 0 Å². The van der Waals surface area contributed by atoms with Crippen LogP contribution in [0.5, 0.6) is 0 Å². The van der Waals surface area contributed by atoms with Gasteiger partial charge in [0, 0.05) is 5.56 Å². The van der Waals surface area contributed by atoms with Gasteiger partial charge in [0.1, 0.15) is 16.8 Å². The number of nitrogens with zero attached hydrogens (tertiary/aromatic N) is 2. The second-order valence-electron chi connectivity index (χ2n) is 3.90. The molecule has 0 fully saturated rings. The molecule has 0 unspecified atom stereocenters. The minimum atomic E-state index is -0.389. The summed E-state index contributed by atoms with van der Waals surface area (Å²) in [5.41, 5.74) is 1.90. The lowest BCUT2D eigenvalue weighted by Gasteiger charge is -2.09. The summed E-state index contributed by atoms with van der Waals surface area (Å²) in [6.07, 6.45) is 0.585. The Labute approximate surface area is 109 Å². The van der Waals surface area contributed by atoms with Crippen LogP contribution in [0, 0.1) is 19.7 Å². The Morgan fingerprint density at radius 3 is 2.67 bits per heavy atom. The van der Waals surface area contributed by atoms with Crippen LogP contribution in [0.1, 0.15) is 21.7 Å². The molecule has 1 aromatic carbocycles. The monoisotopic (exact) mass is 264 g/mol. The third-order valence-corrected chi connectivity index (χ3v) is 2.87. The van der Waals surface area contributed by atoms with Crippen molar-refractivity contribution in [1.29, 1.82) is 0 Å². The van der Waals surface area contributed by atoms with Gasteiger partial charge in [-0.25, -0.2) is 14.4 Å². The number of aromatic nitrogens is 2. The molecule has 0 amide bonds. The maximum Gasteiger partial charge on any atom is 0.155 e. The van der Waals surface area contributed by atoms with Crippen LogP contribution in [-0.2, 0) is 0 Å². The number of aryl methyl sites for hydroxylation is 2. The molecule has 0 aliphatic carbocycles. The number of benzene rings is 1. The third kappa shape index (κ3) is 2.24. The van der Waals surface area contributed by atoms with E-state index in [-0.39, 0.29) is 16.5 Å². The van der Waals surface area contributed by atoms with E-state index in [0.29, 0.717) is 23.4 Å². The highest BCUT2D eigenvalue weighted by Crippen LogP contribution is 2.28. The van der Waals surface area contributed by atoms with Gasteiger partial charge in [-0.05, 0) is 31.5 Å². The Bertz CT molecular complexity index is 629. The van der Waals surface area contributed by atoms with Crippen LogP contribution < -0.4 is 0 Å². The molecule has 2 aromatic rings. The highest BCUT2D eigenvalue weighted by Gasteiger charge is 2.15. The third-order valence-electron chi connectivity index (χ3n) is 2.58. The molecule has 2 rings (SSSR count). The van der Waals surface area contributed by atoms with Crippen LogP contribution in [0.2, 0.25) is 5.15 Å². The lowest BCUT2D eigenvalue weighted by molar-refractivity contribution is 0.112. The zero-order valence-corrected chi connectivity index (χ0v) is 10.6. The Hall–Kier alpha value is -1.81. The fourth-order valence-electron chi connectivity index (χ4n) is 1.71. The van der Waals surface area contributed by atoms with Crippen LogP contribution >= 0.6 is 11.6 Å². The molecule has 1 heterocycles. The molecule has 0 spiro atoms. The average molecular weight is 265 g/mol. The molecule has 18 heavy (non-hydrogen) atoms. The summed E-state index contributed by atoms with van der Waals surface area (Å²) in [6.45, 7) is 3.48. The number of hydrogen-bond donors (Lipinski definition) is 0. The molecule has 5 heteroatoms. The number of rotatable bonds is 2. The standard InChI is InChI=1S/C13H10ClFN2O/c1-7-3-4-9(15)5-10(7)12-11(6-18)13(14)17-8(2)16-12/h3-6H,1-2H3. The maximum absolute atomic E-state index is 13.3. The topological polar surface area (TPSA) is 42.9 Å². The molecule has 1 aromatic heterocycles. The summed E-state index contributed by atoms with van der Waals surface area (Å²) in [5.74, 6) is 0.0455. The van der Waals surface area contributed by atoms with Gasteiger partial charge in [0.05, 0.1) is 11.3 Å². The minimum absolute atomic E-state index is 0.0798. The van der Waals surface area contributed by atoms with Gasteiger partial charge in [0.15, 0.2) is 6.29 Å². The predicted octanol–water partition coefficient (Wildman–Crippen LogP) is 3.37. The Morgan fingerprint density at radius 1 is 1.28 bits per heavy atom. The van der Waals surface area contributed by atoms with E-state index in [1.807, 2.05) is 6.92 Å². The van der Waals surface area contributed by atoms with Crippen LogP contribution in [0.15, 0.2) is 18.2 Å². The summed E-state index contributed by atoms with van der Waals surface area (Å²) >= 11 is 5.90. The number of halogens is 2. The minimum Gasteiger partial charge on any atom is -0.298 e. The Morgan fingerprint density at radius 2 is 2.00 bits per heavy atom. The highest BCUT2D eigenvalue weighted by atomic mass is 35.5. The van der Waals surface area contributed by atoms with Crippen LogP contribution in [0.25, 0.3) is 11.3 Å². The first-order chi connectivity index (χ1) is 8.52. The normalized spacial score (nSPS) is 10.4. The van der Waals surface area contributed by atoms with Crippen molar-refractivity contribution in [3.63, 3.8) is 0 Å². The average Bonchev–Trinajstić information content (AvgIpc) is 2.31. The van der Waals surface area contributed by atoms with Crippen molar-refractivity contribution in [3.8, 4) is 11.3 Å². The smallest absolute Gasteiger partial charge is 0.155 e. The van der Waals surface area contributed by atoms with Gasteiger partial charge in [-0.15, -0.1) is 0 Å². The van der Waals surface area contributed by atoms with Gasteiger partial charge in [0.2, 0.25) is 0 Å². The van der Waals surface area contributed by atoms with Crippen molar-refractivity contribution < 1.29 is 9.18 Å². The fourth-order valence-corrected chi connectivity index (χ4v) is 1.96. The summed E-state index contributed by atoms with van der Waals surface area (Å²) in [7, 11) is 0. The van der Waals surface area contributed by atoms with Gasteiger partial charge in [-0.3, -0.25) is 4.79 Å². The van der Waals surface area contributed by atoms with Gasteiger partial charge in [0.25, 0.3) is 0 Å². The van der Waals surface area contributed by atoms with E-state index < -0.39 is 0 Å². The SMILES string of the molecule is Cc1nc(Cl)c(C=O)c(-c2cc(F)ccc2C)n1. The van der Waals surface area contributed by atoms with Crippen molar-refractivity contribution in [2.24, 2.45) is 0 Å². The summed E-state index contributed by atoms with van der Waals surface area (Å²) in [6, 6.07) is 4.32. The largest absolute Gasteiger partial charge is 0.298 e. The molecule has 0 saturated carbocycles. The molecule has 0 bridgehead atoms. The van der Waals surface area contributed by atoms with Gasteiger partial charge < -0.3 is 0 Å². The Balaban J connectivity index is 2.77. The first kappa shape index (κ1) is 12.6. The van der Waals surface area contributed by atoms with Gasteiger partial charge in [-0.1, -0.05) is 17.7 Å².